The first-order valence-electron chi connectivity index (χ1n) is 4.97. The van der Waals surface area contributed by atoms with Crippen LogP contribution in [0.1, 0.15) is 11.1 Å². The summed E-state index contributed by atoms with van der Waals surface area (Å²) in [5.74, 6) is -0.182. The minimum atomic E-state index is -0.182. The molecule has 0 unspecified atom stereocenters. The molecule has 0 bridgehead atoms. The van der Waals surface area contributed by atoms with Crippen molar-refractivity contribution in [2.24, 2.45) is 0 Å². The minimum Gasteiger partial charge on any atom is -0.207 e. The van der Waals surface area contributed by atoms with Gasteiger partial charge in [0.15, 0.2) is 0 Å². The molecule has 2 aromatic carbocycles. The second kappa shape index (κ2) is 4.74. The van der Waals surface area contributed by atoms with Crippen LogP contribution in [0.25, 0.3) is 0 Å². The molecule has 0 aliphatic carbocycles. The first kappa shape index (κ1) is 9.91. The van der Waals surface area contributed by atoms with Crippen molar-refractivity contribution >= 4 is 0 Å². The van der Waals surface area contributed by atoms with Crippen molar-refractivity contribution in [3.8, 4) is 0 Å². The standard InChI is InChI=1S/C14H12F/c15-14-10-8-13(9-11-14)7-6-12-4-2-1-3-5-12/h1-6,8-11H,7H2. The molecule has 2 aromatic rings. The number of halogens is 1. The van der Waals surface area contributed by atoms with E-state index in [1.54, 1.807) is 0 Å². The normalized spacial score (nSPS) is 10.2. The fourth-order valence-electron chi connectivity index (χ4n) is 1.45. The van der Waals surface area contributed by atoms with Crippen LogP contribution in [0.3, 0.4) is 0 Å². The summed E-state index contributed by atoms with van der Waals surface area (Å²) in [4.78, 5) is 0. The number of benzene rings is 2. The van der Waals surface area contributed by atoms with E-state index in [0.717, 1.165) is 12.0 Å². The summed E-state index contributed by atoms with van der Waals surface area (Å²) in [6, 6.07) is 16.8. The molecule has 0 aromatic heterocycles. The Kier molecular flexibility index (Phi) is 3.13. The molecule has 0 aliphatic rings. The molecule has 0 heterocycles. The maximum atomic E-state index is 12.6. The zero-order valence-electron chi connectivity index (χ0n) is 8.36. The van der Waals surface area contributed by atoms with Gasteiger partial charge in [-0.05, 0) is 36.1 Å². The number of hydrogen-bond donors (Lipinski definition) is 0. The molecule has 0 saturated heterocycles. The van der Waals surface area contributed by atoms with Gasteiger partial charge in [0.25, 0.3) is 0 Å². The van der Waals surface area contributed by atoms with Crippen molar-refractivity contribution in [3.63, 3.8) is 0 Å². The highest BCUT2D eigenvalue weighted by Crippen LogP contribution is 2.09. The summed E-state index contributed by atoms with van der Waals surface area (Å²) in [6.07, 6.45) is 2.97. The highest BCUT2D eigenvalue weighted by Gasteiger charge is 1.96. The van der Waals surface area contributed by atoms with Crippen LogP contribution in [0.15, 0.2) is 54.6 Å². The molecule has 0 atom stereocenters. The topological polar surface area (TPSA) is 0 Å². The Hall–Kier alpha value is -1.63. The van der Waals surface area contributed by atoms with Crippen LogP contribution in [0.2, 0.25) is 0 Å². The molecule has 0 amide bonds. The van der Waals surface area contributed by atoms with E-state index in [1.807, 2.05) is 30.3 Å². The maximum Gasteiger partial charge on any atom is 0.123 e. The summed E-state index contributed by atoms with van der Waals surface area (Å²) in [5, 5.41) is 0. The molecule has 1 radical (unpaired) electrons. The molecule has 2 rings (SSSR count). The second-order valence-corrected chi connectivity index (χ2v) is 3.45. The van der Waals surface area contributed by atoms with E-state index in [-0.39, 0.29) is 5.82 Å². The van der Waals surface area contributed by atoms with Crippen LogP contribution in [0.4, 0.5) is 4.39 Å². The Morgan fingerprint density at radius 2 is 1.53 bits per heavy atom. The molecule has 0 aliphatic heterocycles. The lowest BCUT2D eigenvalue weighted by Gasteiger charge is -2.01. The lowest BCUT2D eigenvalue weighted by molar-refractivity contribution is 0.627. The van der Waals surface area contributed by atoms with Gasteiger partial charge in [-0.1, -0.05) is 42.5 Å². The summed E-state index contributed by atoms with van der Waals surface area (Å²) in [7, 11) is 0. The second-order valence-electron chi connectivity index (χ2n) is 3.45. The molecule has 0 spiro atoms. The molecule has 0 N–H and O–H groups in total. The van der Waals surface area contributed by atoms with Gasteiger partial charge in [-0.2, -0.15) is 0 Å². The van der Waals surface area contributed by atoms with Gasteiger partial charge in [0.05, 0.1) is 0 Å². The van der Waals surface area contributed by atoms with E-state index >= 15 is 0 Å². The Labute approximate surface area is 89.4 Å². The van der Waals surface area contributed by atoms with Gasteiger partial charge in [-0.15, -0.1) is 0 Å². The number of hydrogen-bond acceptors (Lipinski definition) is 0. The molecule has 1 heteroatoms. The van der Waals surface area contributed by atoms with Gasteiger partial charge in [-0.3, -0.25) is 0 Å². The van der Waals surface area contributed by atoms with E-state index < -0.39 is 0 Å². The van der Waals surface area contributed by atoms with Gasteiger partial charge in [0.2, 0.25) is 0 Å². The molecule has 15 heavy (non-hydrogen) atoms. The van der Waals surface area contributed by atoms with Crippen LogP contribution < -0.4 is 0 Å². The van der Waals surface area contributed by atoms with E-state index in [0.29, 0.717) is 0 Å². The monoisotopic (exact) mass is 199 g/mol. The molecule has 75 valence electrons. The minimum absolute atomic E-state index is 0.182. The van der Waals surface area contributed by atoms with Crippen LogP contribution in [-0.2, 0) is 6.42 Å². The zero-order valence-corrected chi connectivity index (χ0v) is 8.36. The Morgan fingerprint density at radius 3 is 2.20 bits per heavy atom. The fourth-order valence-corrected chi connectivity index (χ4v) is 1.45. The molecular weight excluding hydrogens is 187 g/mol. The van der Waals surface area contributed by atoms with Crippen molar-refractivity contribution in [1.29, 1.82) is 0 Å². The summed E-state index contributed by atoms with van der Waals surface area (Å²) >= 11 is 0. The number of rotatable bonds is 3. The van der Waals surface area contributed by atoms with Gasteiger partial charge >= 0.3 is 0 Å². The van der Waals surface area contributed by atoms with Gasteiger partial charge in [-0.25, -0.2) is 4.39 Å². The van der Waals surface area contributed by atoms with Crippen molar-refractivity contribution in [2.45, 2.75) is 6.42 Å². The summed E-state index contributed by atoms with van der Waals surface area (Å²) in [6.45, 7) is 0. The van der Waals surface area contributed by atoms with Crippen molar-refractivity contribution in [2.75, 3.05) is 0 Å². The van der Waals surface area contributed by atoms with Crippen LogP contribution >= 0.6 is 0 Å². The third kappa shape index (κ3) is 2.91. The van der Waals surface area contributed by atoms with Crippen LogP contribution in [-0.4, -0.2) is 0 Å². The largest absolute Gasteiger partial charge is 0.207 e. The van der Waals surface area contributed by atoms with Gasteiger partial charge < -0.3 is 0 Å². The van der Waals surface area contributed by atoms with Gasteiger partial charge in [0, 0.05) is 0 Å². The summed E-state index contributed by atoms with van der Waals surface area (Å²) < 4.78 is 12.6. The average molecular weight is 199 g/mol. The first-order valence-corrected chi connectivity index (χ1v) is 4.97. The maximum absolute atomic E-state index is 12.6. The fraction of sp³-hybridized carbons (Fsp3) is 0.0714. The van der Waals surface area contributed by atoms with Gasteiger partial charge in [0.1, 0.15) is 5.82 Å². The average Bonchev–Trinajstić information content (AvgIpc) is 2.30. The molecule has 0 saturated carbocycles. The summed E-state index contributed by atoms with van der Waals surface area (Å²) in [5.41, 5.74) is 2.32. The lowest BCUT2D eigenvalue weighted by Crippen LogP contribution is -1.88. The first-order chi connectivity index (χ1) is 7.34. The third-order valence-electron chi connectivity index (χ3n) is 2.29. The predicted octanol–water partition coefficient (Wildman–Crippen LogP) is 3.62. The highest BCUT2D eigenvalue weighted by atomic mass is 19.1. The third-order valence-corrected chi connectivity index (χ3v) is 2.29. The Balaban J connectivity index is 1.96. The smallest absolute Gasteiger partial charge is 0.123 e. The van der Waals surface area contributed by atoms with E-state index in [1.165, 1.54) is 17.7 Å². The molecule has 0 nitrogen and oxygen atoms in total. The van der Waals surface area contributed by atoms with E-state index in [4.69, 9.17) is 0 Å². The SMILES string of the molecule is Fc1ccc(C[CH]c2ccccc2)cc1. The van der Waals surface area contributed by atoms with E-state index in [9.17, 15) is 4.39 Å². The zero-order chi connectivity index (χ0) is 10.5. The molecule has 0 fully saturated rings. The lowest BCUT2D eigenvalue weighted by atomic mass is 10.0. The highest BCUT2D eigenvalue weighted by molar-refractivity contribution is 5.27. The van der Waals surface area contributed by atoms with E-state index in [2.05, 4.69) is 18.6 Å². The quantitative estimate of drug-likeness (QED) is 0.708. The molecular formula is C14H12F. The predicted molar refractivity (Wildman–Crippen MR) is 59.9 cm³/mol. The Morgan fingerprint density at radius 1 is 0.867 bits per heavy atom. The van der Waals surface area contributed by atoms with Crippen molar-refractivity contribution in [1.82, 2.24) is 0 Å². The van der Waals surface area contributed by atoms with Crippen molar-refractivity contribution in [3.05, 3.63) is 78.0 Å². The van der Waals surface area contributed by atoms with Crippen molar-refractivity contribution < 1.29 is 4.39 Å². The van der Waals surface area contributed by atoms with Crippen LogP contribution in [0.5, 0.6) is 0 Å². The Bertz CT molecular complexity index is 403. The van der Waals surface area contributed by atoms with Crippen LogP contribution in [0, 0.1) is 12.2 Å².